The monoisotopic (exact) mass is 229 g/mol. The summed E-state index contributed by atoms with van der Waals surface area (Å²) < 4.78 is 5.03. The number of hydrogen-bond donors (Lipinski definition) is 1. The number of esters is 1. The zero-order valence-corrected chi connectivity index (χ0v) is 10.3. The Balaban J connectivity index is 3.79. The molecule has 0 heterocycles. The predicted molar refractivity (Wildman–Crippen MR) is 58.8 cm³/mol. The average molecular weight is 229 g/mol. The van der Waals surface area contributed by atoms with Gasteiger partial charge in [0.25, 0.3) is 5.91 Å². The van der Waals surface area contributed by atoms with E-state index < -0.39 is 23.3 Å². The predicted octanol–water partition coefficient (Wildman–Crippen LogP) is 0.813. The van der Waals surface area contributed by atoms with Crippen LogP contribution in [0.4, 0.5) is 0 Å². The molecule has 0 saturated carbocycles. The normalized spacial score (nSPS) is 10.8. The van der Waals surface area contributed by atoms with Crippen LogP contribution in [0, 0.1) is 0 Å². The van der Waals surface area contributed by atoms with E-state index in [1.807, 2.05) is 0 Å². The zero-order valence-electron chi connectivity index (χ0n) is 10.3. The highest BCUT2D eigenvalue weighted by molar-refractivity contribution is 6.36. The highest BCUT2D eigenvalue weighted by Crippen LogP contribution is 2.07. The molecule has 92 valence electrons. The van der Waals surface area contributed by atoms with Crippen molar-refractivity contribution < 1.29 is 19.1 Å². The van der Waals surface area contributed by atoms with Crippen molar-refractivity contribution >= 4 is 17.7 Å². The summed E-state index contributed by atoms with van der Waals surface area (Å²) in [7, 11) is 0. The van der Waals surface area contributed by atoms with Crippen LogP contribution in [0.1, 0.15) is 40.5 Å². The van der Waals surface area contributed by atoms with E-state index in [0.29, 0.717) is 0 Å². The summed E-state index contributed by atoms with van der Waals surface area (Å²) in [5.74, 6) is -1.52. The van der Waals surface area contributed by atoms with Crippen LogP contribution in [0.5, 0.6) is 0 Å². The average Bonchev–Trinajstić information content (AvgIpc) is 2.13. The van der Waals surface area contributed by atoms with Crippen LogP contribution in [-0.4, -0.2) is 29.8 Å². The molecule has 0 fully saturated rings. The lowest BCUT2D eigenvalue weighted by atomic mass is 10.2. The Hall–Kier alpha value is -1.39. The number of rotatable bonds is 5. The van der Waals surface area contributed by atoms with Gasteiger partial charge in [-0.25, -0.2) is 0 Å². The van der Waals surface area contributed by atoms with Gasteiger partial charge in [-0.3, -0.25) is 14.4 Å². The lowest BCUT2D eigenvalue weighted by Crippen LogP contribution is -2.33. The second-order valence-corrected chi connectivity index (χ2v) is 4.37. The summed E-state index contributed by atoms with van der Waals surface area (Å²) in [6.45, 7) is 7.04. The second-order valence-electron chi connectivity index (χ2n) is 4.37. The summed E-state index contributed by atoms with van der Waals surface area (Å²) in [6, 6.07) is 0. The maximum atomic E-state index is 11.2. The van der Waals surface area contributed by atoms with Crippen LogP contribution >= 0.6 is 0 Å². The van der Waals surface area contributed by atoms with Crippen molar-refractivity contribution in [2.45, 2.75) is 46.1 Å². The minimum Gasteiger partial charge on any atom is -0.460 e. The number of carbonyl (C=O) groups is 3. The third-order valence-corrected chi connectivity index (χ3v) is 1.61. The van der Waals surface area contributed by atoms with Gasteiger partial charge in [-0.2, -0.15) is 0 Å². The van der Waals surface area contributed by atoms with Crippen molar-refractivity contribution in [2.24, 2.45) is 0 Å². The van der Waals surface area contributed by atoms with Gasteiger partial charge in [-0.15, -0.1) is 0 Å². The Labute approximate surface area is 95.5 Å². The first-order valence-corrected chi connectivity index (χ1v) is 5.29. The molecule has 0 aromatic rings. The number of ether oxygens (including phenoxy) is 1. The van der Waals surface area contributed by atoms with Crippen LogP contribution in [-0.2, 0) is 19.1 Å². The Morgan fingerprint density at radius 3 is 2.19 bits per heavy atom. The van der Waals surface area contributed by atoms with Gasteiger partial charge in [0.1, 0.15) is 5.60 Å². The fourth-order valence-electron chi connectivity index (χ4n) is 0.930. The van der Waals surface area contributed by atoms with E-state index in [4.69, 9.17) is 4.74 Å². The van der Waals surface area contributed by atoms with Crippen molar-refractivity contribution in [2.75, 3.05) is 6.54 Å². The molecule has 0 aromatic carbocycles. The molecular formula is C11H19NO4. The zero-order chi connectivity index (χ0) is 12.8. The molecule has 5 heteroatoms. The van der Waals surface area contributed by atoms with Gasteiger partial charge >= 0.3 is 5.97 Å². The molecule has 0 rings (SSSR count). The number of amides is 1. The fraction of sp³-hybridized carbons (Fsp3) is 0.727. The first-order valence-electron chi connectivity index (χ1n) is 5.29. The van der Waals surface area contributed by atoms with Crippen LogP contribution < -0.4 is 5.32 Å². The van der Waals surface area contributed by atoms with E-state index in [2.05, 4.69) is 5.32 Å². The molecule has 0 radical (unpaired) electrons. The van der Waals surface area contributed by atoms with Crippen molar-refractivity contribution in [1.29, 1.82) is 0 Å². The third-order valence-electron chi connectivity index (χ3n) is 1.61. The molecule has 0 aliphatic rings. The lowest BCUT2D eigenvalue weighted by Gasteiger charge is -2.19. The molecule has 5 nitrogen and oxygen atoms in total. The van der Waals surface area contributed by atoms with Crippen molar-refractivity contribution in [3.05, 3.63) is 0 Å². The quantitative estimate of drug-likeness (QED) is 0.559. The van der Waals surface area contributed by atoms with E-state index in [1.54, 1.807) is 27.7 Å². The highest BCUT2D eigenvalue weighted by atomic mass is 16.6. The van der Waals surface area contributed by atoms with E-state index in [9.17, 15) is 14.4 Å². The molecule has 0 saturated heterocycles. The smallest absolute Gasteiger partial charge is 0.308 e. The number of carbonyl (C=O) groups excluding carboxylic acids is 3. The number of ketones is 1. The van der Waals surface area contributed by atoms with Crippen LogP contribution in [0.15, 0.2) is 0 Å². The second kappa shape index (κ2) is 6.25. The maximum Gasteiger partial charge on any atom is 0.308 e. The van der Waals surface area contributed by atoms with Gasteiger partial charge in [0.2, 0.25) is 5.78 Å². The highest BCUT2D eigenvalue weighted by Gasteiger charge is 2.16. The molecule has 0 aliphatic carbocycles. The van der Waals surface area contributed by atoms with Crippen molar-refractivity contribution in [3.63, 3.8) is 0 Å². The Bertz CT molecular complexity index is 278. The van der Waals surface area contributed by atoms with Crippen molar-refractivity contribution in [3.8, 4) is 0 Å². The Morgan fingerprint density at radius 2 is 1.75 bits per heavy atom. The molecule has 1 N–H and O–H groups in total. The van der Waals surface area contributed by atoms with Crippen molar-refractivity contribution in [1.82, 2.24) is 5.32 Å². The lowest BCUT2D eigenvalue weighted by molar-refractivity contribution is -0.154. The van der Waals surface area contributed by atoms with E-state index >= 15 is 0 Å². The van der Waals surface area contributed by atoms with Gasteiger partial charge in [-0.1, -0.05) is 6.92 Å². The summed E-state index contributed by atoms with van der Waals surface area (Å²) >= 11 is 0. The minimum absolute atomic E-state index is 0.0694. The largest absolute Gasteiger partial charge is 0.460 e. The van der Waals surface area contributed by atoms with E-state index in [-0.39, 0.29) is 19.4 Å². The molecule has 0 aromatic heterocycles. The fourth-order valence-corrected chi connectivity index (χ4v) is 0.930. The molecule has 0 atom stereocenters. The van der Waals surface area contributed by atoms with Gasteiger partial charge in [0.05, 0.1) is 6.42 Å². The molecule has 16 heavy (non-hydrogen) atoms. The molecule has 0 unspecified atom stereocenters. The topological polar surface area (TPSA) is 72.5 Å². The summed E-state index contributed by atoms with van der Waals surface area (Å²) in [4.78, 5) is 33.1. The Kier molecular flexibility index (Phi) is 5.71. The molecule has 0 aliphatic heterocycles. The maximum absolute atomic E-state index is 11.2. The minimum atomic E-state index is -0.647. The van der Waals surface area contributed by atoms with Gasteiger partial charge in [0.15, 0.2) is 0 Å². The first kappa shape index (κ1) is 14.6. The van der Waals surface area contributed by atoms with Gasteiger partial charge in [0, 0.05) is 13.0 Å². The van der Waals surface area contributed by atoms with Gasteiger partial charge in [-0.05, 0) is 20.8 Å². The number of hydrogen-bond acceptors (Lipinski definition) is 4. The summed E-state index contributed by atoms with van der Waals surface area (Å²) in [5.41, 5.74) is -0.527. The number of Topliss-reactive ketones (excluding diaryl/α,β-unsaturated/α-hetero) is 1. The SMILES string of the molecule is CCC(=O)C(=O)NCCC(=O)OC(C)(C)C. The Morgan fingerprint density at radius 1 is 1.19 bits per heavy atom. The third kappa shape index (κ3) is 6.98. The van der Waals surface area contributed by atoms with E-state index in [0.717, 1.165) is 0 Å². The van der Waals surface area contributed by atoms with Crippen LogP contribution in [0.25, 0.3) is 0 Å². The van der Waals surface area contributed by atoms with E-state index in [1.165, 1.54) is 0 Å². The van der Waals surface area contributed by atoms with Crippen LogP contribution in [0.2, 0.25) is 0 Å². The van der Waals surface area contributed by atoms with Crippen LogP contribution in [0.3, 0.4) is 0 Å². The standard InChI is InChI=1S/C11H19NO4/c1-5-8(13)10(15)12-7-6-9(14)16-11(2,3)4/h5-7H2,1-4H3,(H,12,15). The van der Waals surface area contributed by atoms with Gasteiger partial charge < -0.3 is 10.1 Å². The number of nitrogens with one attached hydrogen (secondary N) is 1. The molecule has 0 bridgehead atoms. The first-order chi connectivity index (χ1) is 7.26. The molecule has 1 amide bonds. The summed E-state index contributed by atoms with van der Waals surface area (Å²) in [6.07, 6.45) is 0.234. The molecule has 0 spiro atoms. The summed E-state index contributed by atoms with van der Waals surface area (Å²) in [5, 5.41) is 2.36. The molecular weight excluding hydrogens is 210 g/mol.